The minimum Gasteiger partial charge on any atom is -0.480 e. The fraction of sp³-hybridized carbons (Fsp3) is 0.875. The molecular formula is C16H29NO4. The zero-order chi connectivity index (χ0) is 15.8. The van der Waals surface area contributed by atoms with Crippen molar-refractivity contribution in [3.63, 3.8) is 0 Å². The number of carboxylic acids is 1. The highest BCUT2D eigenvalue weighted by Gasteiger charge is 2.26. The topological polar surface area (TPSA) is 75.6 Å². The number of carbonyl (C=O) groups is 2. The number of carbonyl (C=O) groups excluding carboxylic acids is 1. The van der Waals surface area contributed by atoms with Crippen molar-refractivity contribution in [1.29, 1.82) is 0 Å². The summed E-state index contributed by atoms with van der Waals surface area (Å²) < 4.78 is 5.81. The van der Waals surface area contributed by atoms with Crippen LogP contribution in [0.3, 0.4) is 0 Å². The number of hydrogen-bond donors (Lipinski definition) is 2. The van der Waals surface area contributed by atoms with Crippen molar-refractivity contribution in [3.8, 4) is 0 Å². The molecule has 0 bridgehead atoms. The summed E-state index contributed by atoms with van der Waals surface area (Å²) >= 11 is 0. The fourth-order valence-electron chi connectivity index (χ4n) is 2.71. The van der Waals surface area contributed by atoms with Gasteiger partial charge in [-0.25, -0.2) is 4.79 Å². The Labute approximate surface area is 127 Å². The molecule has 2 atom stereocenters. The zero-order valence-electron chi connectivity index (χ0n) is 13.4. The van der Waals surface area contributed by atoms with Crippen LogP contribution in [0.1, 0.15) is 65.7 Å². The highest BCUT2D eigenvalue weighted by molar-refractivity contribution is 5.86. The summed E-state index contributed by atoms with van der Waals surface area (Å²) in [5.74, 6) is -1.10. The number of amides is 1. The van der Waals surface area contributed by atoms with Gasteiger partial charge in [0.2, 0.25) is 5.91 Å². The molecule has 1 fully saturated rings. The fourth-order valence-corrected chi connectivity index (χ4v) is 2.71. The second-order valence-electron chi connectivity index (χ2n) is 6.42. The molecular weight excluding hydrogens is 270 g/mol. The van der Waals surface area contributed by atoms with Crippen molar-refractivity contribution < 1.29 is 19.4 Å². The normalized spacial score (nSPS) is 19.8. The van der Waals surface area contributed by atoms with E-state index < -0.39 is 18.1 Å². The molecule has 0 aromatic carbocycles. The van der Waals surface area contributed by atoms with Gasteiger partial charge >= 0.3 is 5.97 Å². The van der Waals surface area contributed by atoms with Crippen LogP contribution in [0, 0.1) is 5.92 Å². The van der Waals surface area contributed by atoms with Gasteiger partial charge in [0.25, 0.3) is 0 Å². The molecule has 1 aliphatic rings. The molecule has 5 nitrogen and oxygen atoms in total. The van der Waals surface area contributed by atoms with Crippen molar-refractivity contribution in [2.24, 2.45) is 5.92 Å². The minimum absolute atomic E-state index is 0.127. The Balaban J connectivity index is 2.46. The maximum absolute atomic E-state index is 12.1. The van der Waals surface area contributed by atoms with E-state index in [0.29, 0.717) is 6.42 Å². The molecule has 0 aliphatic heterocycles. The smallest absolute Gasteiger partial charge is 0.326 e. The number of ether oxygens (including phenoxy) is 1. The maximum atomic E-state index is 12.1. The molecule has 0 heterocycles. The second-order valence-corrected chi connectivity index (χ2v) is 6.42. The molecule has 0 aromatic rings. The van der Waals surface area contributed by atoms with Gasteiger partial charge in [0.15, 0.2) is 0 Å². The Morgan fingerprint density at radius 1 is 1.14 bits per heavy atom. The number of nitrogens with one attached hydrogen (secondary N) is 1. The number of rotatable bonds is 7. The van der Waals surface area contributed by atoms with E-state index in [0.717, 1.165) is 25.7 Å². The van der Waals surface area contributed by atoms with Crippen LogP contribution in [0.5, 0.6) is 0 Å². The quantitative estimate of drug-likeness (QED) is 0.709. The highest BCUT2D eigenvalue weighted by Crippen LogP contribution is 2.21. The molecule has 5 heteroatoms. The lowest BCUT2D eigenvalue weighted by Crippen LogP contribution is -2.46. The largest absolute Gasteiger partial charge is 0.480 e. The Hall–Kier alpha value is -1.10. The first-order valence-electron chi connectivity index (χ1n) is 8.08. The monoisotopic (exact) mass is 299 g/mol. The Kier molecular flexibility index (Phi) is 7.72. The van der Waals surface area contributed by atoms with Gasteiger partial charge in [-0.15, -0.1) is 0 Å². The molecule has 2 N–H and O–H groups in total. The zero-order valence-corrected chi connectivity index (χ0v) is 13.4. The van der Waals surface area contributed by atoms with Gasteiger partial charge in [0.1, 0.15) is 12.1 Å². The SMILES string of the molecule is CC(C)C[C@@H](NC(=O)C(C)OC1CCCCCC1)C(=O)O. The molecule has 1 saturated carbocycles. The summed E-state index contributed by atoms with van der Waals surface area (Å²) in [5, 5.41) is 11.7. The van der Waals surface area contributed by atoms with Gasteiger partial charge in [-0.3, -0.25) is 4.79 Å². The van der Waals surface area contributed by atoms with E-state index in [1.165, 1.54) is 12.8 Å². The molecule has 1 aliphatic carbocycles. The number of hydrogen-bond acceptors (Lipinski definition) is 3. The predicted octanol–water partition coefficient (Wildman–Crippen LogP) is 2.73. The van der Waals surface area contributed by atoms with Crippen LogP contribution in [0.2, 0.25) is 0 Å². The van der Waals surface area contributed by atoms with Crippen molar-refractivity contribution in [3.05, 3.63) is 0 Å². The lowest BCUT2D eigenvalue weighted by atomic mass is 10.0. The molecule has 21 heavy (non-hydrogen) atoms. The van der Waals surface area contributed by atoms with Crippen molar-refractivity contribution in [1.82, 2.24) is 5.32 Å². The Morgan fingerprint density at radius 3 is 2.19 bits per heavy atom. The Morgan fingerprint density at radius 2 is 1.71 bits per heavy atom. The summed E-state index contributed by atoms with van der Waals surface area (Å²) in [6, 6.07) is -0.835. The molecule has 0 aromatic heterocycles. The molecule has 1 amide bonds. The van der Waals surface area contributed by atoms with Gasteiger partial charge in [-0.1, -0.05) is 39.5 Å². The summed E-state index contributed by atoms with van der Waals surface area (Å²) in [6.45, 7) is 5.58. The molecule has 0 spiro atoms. The summed E-state index contributed by atoms with van der Waals surface area (Å²) in [4.78, 5) is 23.3. The number of aliphatic carboxylic acids is 1. The van der Waals surface area contributed by atoms with Crippen LogP contribution in [0.25, 0.3) is 0 Å². The average Bonchev–Trinajstić information content (AvgIpc) is 2.65. The van der Waals surface area contributed by atoms with Crippen LogP contribution >= 0.6 is 0 Å². The molecule has 1 rings (SSSR count). The number of carboxylic acid groups (broad SMARTS) is 1. The van der Waals surface area contributed by atoms with E-state index in [1.54, 1.807) is 6.92 Å². The standard InChI is InChI=1S/C16H29NO4/c1-11(2)10-14(16(19)20)17-15(18)12(3)21-13-8-6-4-5-7-9-13/h11-14H,4-10H2,1-3H3,(H,17,18)(H,19,20)/t12?,14-/m1/s1. The van der Waals surface area contributed by atoms with Crippen LogP contribution in [0.15, 0.2) is 0 Å². The van der Waals surface area contributed by atoms with E-state index in [4.69, 9.17) is 9.84 Å². The first-order chi connectivity index (χ1) is 9.90. The first-order valence-corrected chi connectivity index (χ1v) is 8.08. The van der Waals surface area contributed by atoms with Crippen molar-refractivity contribution in [2.45, 2.75) is 84.0 Å². The summed E-state index contributed by atoms with van der Waals surface area (Å²) in [6.07, 6.45) is 6.69. The first kappa shape index (κ1) is 18.0. The summed E-state index contributed by atoms with van der Waals surface area (Å²) in [7, 11) is 0. The molecule has 122 valence electrons. The third-order valence-electron chi connectivity index (χ3n) is 3.89. The van der Waals surface area contributed by atoms with E-state index in [2.05, 4.69) is 5.32 Å². The van der Waals surface area contributed by atoms with E-state index >= 15 is 0 Å². The third-order valence-corrected chi connectivity index (χ3v) is 3.89. The van der Waals surface area contributed by atoms with Gasteiger partial charge in [0.05, 0.1) is 6.10 Å². The highest BCUT2D eigenvalue weighted by atomic mass is 16.5. The summed E-state index contributed by atoms with van der Waals surface area (Å²) in [5.41, 5.74) is 0. The molecule has 1 unspecified atom stereocenters. The van der Waals surface area contributed by atoms with Crippen LogP contribution < -0.4 is 5.32 Å². The van der Waals surface area contributed by atoms with E-state index in [9.17, 15) is 9.59 Å². The predicted molar refractivity (Wildman–Crippen MR) is 81.1 cm³/mol. The molecule has 0 radical (unpaired) electrons. The lowest BCUT2D eigenvalue weighted by molar-refractivity contribution is -0.145. The van der Waals surface area contributed by atoms with Crippen LogP contribution in [0.4, 0.5) is 0 Å². The second kappa shape index (κ2) is 9.03. The third kappa shape index (κ3) is 6.93. The van der Waals surface area contributed by atoms with E-state index in [-0.39, 0.29) is 17.9 Å². The van der Waals surface area contributed by atoms with Crippen molar-refractivity contribution >= 4 is 11.9 Å². The van der Waals surface area contributed by atoms with Gasteiger partial charge < -0.3 is 15.2 Å². The van der Waals surface area contributed by atoms with Gasteiger partial charge in [0, 0.05) is 0 Å². The Bertz CT molecular complexity index is 335. The van der Waals surface area contributed by atoms with E-state index in [1.807, 2.05) is 13.8 Å². The average molecular weight is 299 g/mol. The van der Waals surface area contributed by atoms with Crippen LogP contribution in [-0.2, 0) is 14.3 Å². The lowest BCUT2D eigenvalue weighted by Gasteiger charge is -2.23. The molecule has 0 saturated heterocycles. The van der Waals surface area contributed by atoms with Crippen molar-refractivity contribution in [2.75, 3.05) is 0 Å². The van der Waals surface area contributed by atoms with Gasteiger partial charge in [-0.05, 0) is 32.1 Å². The minimum atomic E-state index is -0.987. The maximum Gasteiger partial charge on any atom is 0.326 e. The van der Waals surface area contributed by atoms with Gasteiger partial charge in [-0.2, -0.15) is 0 Å². The van der Waals surface area contributed by atoms with Crippen LogP contribution in [-0.4, -0.2) is 35.2 Å².